The van der Waals surface area contributed by atoms with Gasteiger partial charge in [-0.3, -0.25) is 4.79 Å². The minimum atomic E-state index is -0.342. The molecule has 0 heterocycles. The molecule has 0 fully saturated rings. The number of benzene rings is 1. The number of aryl methyl sites for hydroxylation is 2. The molecule has 0 atom stereocenters. The summed E-state index contributed by atoms with van der Waals surface area (Å²) < 4.78 is 0. The van der Waals surface area contributed by atoms with Gasteiger partial charge in [0.15, 0.2) is 0 Å². The first kappa shape index (κ1) is 15.0. The zero-order valence-electron chi connectivity index (χ0n) is 11.8. The van der Waals surface area contributed by atoms with Crippen molar-refractivity contribution in [1.29, 1.82) is 0 Å². The van der Waals surface area contributed by atoms with Gasteiger partial charge in [0.25, 0.3) is 0 Å². The van der Waals surface area contributed by atoms with Crippen LogP contribution in [0, 0.1) is 13.8 Å². The number of carbonyl (C=O) groups is 2. The number of urea groups is 1. The van der Waals surface area contributed by atoms with Crippen molar-refractivity contribution in [3.05, 3.63) is 29.3 Å². The third kappa shape index (κ3) is 5.42. The van der Waals surface area contributed by atoms with E-state index in [1.54, 1.807) is 0 Å². The smallest absolute Gasteiger partial charge is 0.315 e. The van der Waals surface area contributed by atoms with E-state index in [4.69, 9.17) is 0 Å². The Bertz CT molecular complexity index is 470. The normalized spacial score (nSPS) is 10.2. The molecule has 0 unspecified atom stereocenters. The number of rotatable bonds is 4. The summed E-state index contributed by atoms with van der Waals surface area (Å²) in [5, 5.41) is 7.94. The van der Waals surface area contributed by atoms with Gasteiger partial charge in [0.2, 0.25) is 5.91 Å². The number of nitrogens with one attached hydrogen (secondary N) is 3. The van der Waals surface area contributed by atoms with Crippen molar-refractivity contribution in [2.45, 2.75) is 33.7 Å². The zero-order valence-corrected chi connectivity index (χ0v) is 11.8. The molecule has 0 aliphatic heterocycles. The van der Waals surface area contributed by atoms with Crippen LogP contribution < -0.4 is 16.0 Å². The van der Waals surface area contributed by atoms with E-state index in [1.165, 1.54) is 0 Å². The van der Waals surface area contributed by atoms with Gasteiger partial charge >= 0.3 is 6.03 Å². The van der Waals surface area contributed by atoms with Crippen LogP contribution in [0.25, 0.3) is 0 Å². The molecule has 3 amide bonds. The number of carbonyl (C=O) groups excluding carboxylic acids is 2. The number of amides is 3. The average Bonchev–Trinajstić information content (AvgIpc) is 2.30. The minimum Gasteiger partial charge on any atom is -0.336 e. The summed E-state index contributed by atoms with van der Waals surface area (Å²) in [6, 6.07) is 5.54. The molecule has 19 heavy (non-hydrogen) atoms. The third-order valence-electron chi connectivity index (χ3n) is 2.50. The van der Waals surface area contributed by atoms with Gasteiger partial charge in [-0.05, 0) is 44.9 Å². The summed E-state index contributed by atoms with van der Waals surface area (Å²) in [7, 11) is 0. The van der Waals surface area contributed by atoms with Gasteiger partial charge in [0.1, 0.15) is 0 Å². The van der Waals surface area contributed by atoms with Crippen molar-refractivity contribution in [3.8, 4) is 0 Å². The molecule has 1 rings (SSSR count). The molecule has 3 N–H and O–H groups in total. The molecule has 0 saturated carbocycles. The Balaban J connectivity index is 2.47. The van der Waals surface area contributed by atoms with E-state index in [1.807, 2.05) is 45.9 Å². The van der Waals surface area contributed by atoms with Crippen LogP contribution in [0.4, 0.5) is 10.5 Å². The van der Waals surface area contributed by atoms with Gasteiger partial charge < -0.3 is 16.0 Å². The Morgan fingerprint density at radius 3 is 2.53 bits per heavy atom. The SMILES string of the molecule is Cc1ccc(C)c(NC(=O)CNC(=O)NC(C)C)c1. The van der Waals surface area contributed by atoms with Crippen molar-refractivity contribution in [2.75, 3.05) is 11.9 Å². The predicted molar refractivity (Wildman–Crippen MR) is 76.2 cm³/mol. The summed E-state index contributed by atoms with van der Waals surface area (Å²) in [6.45, 7) is 7.55. The standard InChI is InChI=1S/C14H21N3O2/c1-9(2)16-14(19)15-8-13(18)17-12-7-10(3)5-6-11(12)4/h5-7,9H,8H2,1-4H3,(H,17,18)(H2,15,16,19). The Morgan fingerprint density at radius 1 is 1.21 bits per heavy atom. The number of hydrogen-bond donors (Lipinski definition) is 3. The molecular formula is C14H21N3O2. The van der Waals surface area contributed by atoms with Crippen LogP contribution in [0.15, 0.2) is 18.2 Å². The van der Waals surface area contributed by atoms with E-state index in [9.17, 15) is 9.59 Å². The molecule has 1 aromatic carbocycles. The van der Waals surface area contributed by atoms with Gasteiger partial charge in [-0.1, -0.05) is 12.1 Å². The molecule has 0 spiro atoms. The van der Waals surface area contributed by atoms with Crippen LogP contribution in [0.1, 0.15) is 25.0 Å². The van der Waals surface area contributed by atoms with Crippen molar-refractivity contribution >= 4 is 17.6 Å². The Kier molecular flexibility index (Phi) is 5.36. The molecule has 5 nitrogen and oxygen atoms in total. The molecule has 0 saturated heterocycles. The molecule has 5 heteroatoms. The zero-order chi connectivity index (χ0) is 14.4. The average molecular weight is 263 g/mol. The van der Waals surface area contributed by atoms with E-state index < -0.39 is 0 Å². The Labute approximate surface area is 113 Å². The predicted octanol–water partition coefficient (Wildman–Crippen LogP) is 1.95. The van der Waals surface area contributed by atoms with Crippen molar-refractivity contribution in [3.63, 3.8) is 0 Å². The second-order valence-corrected chi connectivity index (χ2v) is 4.85. The van der Waals surface area contributed by atoms with E-state index in [0.717, 1.165) is 16.8 Å². The summed E-state index contributed by atoms with van der Waals surface area (Å²) in [5.41, 5.74) is 2.84. The van der Waals surface area contributed by atoms with E-state index >= 15 is 0 Å². The fraction of sp³-hybridized carbons (Fsp3) is 0.429. The molecule has 0 aliphatic carbocycles. The maximum Gasteiger partial charge on any atom is 0.315 e. The van der Waals surface area contributed by atoms with Crippen molar-refractivity contribution < 1.29 is 9.59 Å². The molecule has 0 bridgehead atoms. The summed E-state index contributed by atoms with van der Waals surface area (Å²) in [6.07, 6.45) is 0. The summed E-state index contributed by atoms with van der Waals surface area (Å²) in [5.74, 6) is -0.243. The Morgan fingerprint density at radius 2 is 1.89 bits per heavy atom. The van der Waals surface area contributed by atoms with Gasteiger partial charge in [0.05, 0.1) is 6.54 Å². The van der Waals surface area contributed by atoms with Crippen molar-refractivity contribution in [1.82, 2.24) is 10.6 Å². The highest BCUT2D eigenvalue weighted by Crippen LogP contribution is 2.15. The molecular weight excluding hydrogens is 242 g/mol. The topological polar surface area (TPSA) is 70.2 Å². The van der Waals surface area contributed by atoms with Crippen LogP contribution in [0.3, 0.4) is 0 Å². The lowest BCUT2D eigenvalue weighted by molar-refractivity contribution is -0.115. The monoisotopic (exact) mass is 263 g/mol. The van der Waals surface area contributed by atoms with Gasteiger partial charge in [-0.25, -0.2) is 4.79 Å². The van der Waals surface area contributed by atoms with Gasteiger partial charge in [-0.15, -0.1) is 0 Å². The second kappa shape index (κ2) is 6.78. The maximum absolute atomic E-state index is 11.7. The first-order chi connectivity index (χ1) is 8.88. The largest absolute Gasteiger partial charge is 0.336 e. The minimum absolute atomic E-state index is 0.0436. The lowest BCUT2D eigenvalue weighted by Crippen LogP contribution is -2.42. The first-order valence-corrected chi connectivity index (χ1v) is 6.30. The van der Waals surface area contributed by atoms with Crippen molar-refractivity contribution in [2.24, 2.45) is 0 Å². The van der Waals surface area contributed by atoms with E-state index in [-0.39, 0.29) is 24.5 Å². The molecule has 0 aromatic heterocycles. The van der Waals surface area contributed by atoms with E-state index in [2.05, 4.69) is 16.0 Å². The first-order valence-electron chi connectivity index (χ1n) is 6.30. The molecule has 0 aliphatic rings. The maximum atomic E-state index is 11.7. The van der Waals surface area contributed by atoms with Crippen LogP contribution >= 0.6 is 0 Å². The van der Waals surface area contributed by atoms with Gasteiger partial charge in [0, 0.05) is 11.7 Å². The molecule has 1 aromatic rings. The van der Waals surface area contributed by atoms with Crippen LogP contribution in [0.2, 0.25) is 0 Å². The summed E-state index contributed by atoms with van der Waals surface area (Å²) in [4.78, 5) is 23.0. The third-order valence-corrected chi connectivity index (χ3v) is 2.50. The highest BCUT2D eigenvalue weighted by atomic mass is 16.2. The molecule has 104 valence electrons. The lowest BCUT2D eigenvalue weighted by Gasteiger charge is -2.11. The molecule has 0 radical (unpaired) electrons. The Hall–Kier alpha value is -2.04. The lowest BCUT2D eigenvalue weighted by atomic mass is 10.1. The quantitative estimate of drug-likeness (QED) is 0.777. The number of hydrogen-bond acceptors (Lipinski definition) is 2. The second-order valence-electron chi connectivity index (χ2n) is 4.85. The van der Waals surface area contributed by atoms with E-state index in [0.29, 0.717) is 0 Å². The highest BCUT2D eigenvalue weighted by Gasteiger charge is 2.07. The highest BCUT2D eigenvalue weighted by molar-refractivity contribution is 5.95. The van der Waals surface area contributed by atoms with Crippen LogP contribution in [-0.2, 0) is 4.79 Å². The van der Waals surface area contributed by atoms with Crippen LogP contribution in [0.5, 0.6) is 0 Å². The fourth-order valence-electron chi connectivity index (χ4n) is 1.54. The van der Waals surface area contributed by atoms with Gasteiger partial charge in [-0.2, -0.15) is 0 Å². The summed E-state index contributed by atoms with van der Waals surface area (Å²) >= 11 is 0. The number of anilines is 1. The van der Waals surface area contributed by atoms with Crippen LogP contribution in [-0.4, -0.2) is 24.5 Å². The fourth-order valence-corrected chi connectivity index (χ4v) is 1.54.